The van der Waals surface area contributed by atoms with Gasteiger partial charge in [-0.25, -0.2) is 9.48 Å². The first-order valence-corrected chi connectivity index (χ1v) is 8.73. The summed E-state index contributed by atoms with van der Waals surface area (Å²) in [6.07, 6.45) is 1.76. The number of fused-ring (bicyclic) bond motifs is 1. The highest BCUT2D eigenvalue weighted by Gasteiger charge is 2.37. The molecule has 7 heteroatoms. The fourth-order valence-corrected chi connectivity index (χ4v) is 3.58. The van der Waals surface area contributed by atoms with E-state index in [4.69, 9.17) is 0 Å². The molecular formula is C18H22N4O3. The molecule has 1 aromatic carbocycles. The van der Waals surface area contributed by atoms with Gasteiger partial charge in [-0.3, -0.25) is 9.36 Å². The summed E-state index contributed by atoms with van der Waals surface area (Å²) in [5.41, 5.74) is 1.95. The van der Waals surface area contributed by atoms with Gasteiger partial charge in [-0.05, 0) is 25.3 Å². The number of aliphatic hydroxyl groups excluding tert-OH is 1. The van der Waals surface area contributed by atoms with Crippen LogP contribution in [0, 0.1) is 6.92 Å². The normalized spacial score (nSPS) is 20.2. The third kappa shape index (κ3) is 2.89. The lowest BCUT2D eigenvalue weighted by atomic mass is 10.0. The standard InChI is InChI=1S/C18H22N4O3/c1-12-5-7-13(8-6-12)9-21-18(25)22-15(3-2-4-16(22)19-21)17(24)20-10-14(23)11-20/h5-8,14-15,23H,2-4,9-11H2,1H3. The quantitative estimate of drug-likeness (QED) is 0.880. The molecule has 1 N–H and O–H groups in total. The molecule has 7 nitrogen and oxygen atoms in total. The highest BCUT2D eigenvalue weighted by atomic mass is 16.3. The van der Waals surface area contributed by atoms with Gasteiger partial charge < -0.3 is 10.0 Å². The molecule has 0 bridgehead atoms. The molecule has 3 heterocycles. The first-order valence-electron chi connectivity index (χ1n) is 8.73. The predicted molar refractivity (Wildman–Crippen MR) is 91.3 cm³/mol. The lowest BCUT2D eigenvalue weighted by molar-refractivity contribution is -0.145. The van der Waals surface area contributed by atoms with Crippen molar-refractivity contribution >= 4 is 5.91 Å². The summed E-state index contributed by atoms with van der Waals surface area (Å²) in [6, 6.07) is 7.51. The number of rotatable bonds is 3. The highest BCUT2D eigenvalue weighted by molar-refractivity contribution is 5.81. The average molecular weight is 342 g/mol. The zero-order valence-electron chi connectivity index (χ0n) is 14.3. The van der Waals surface area contributed by atoms with E-state index >= 15 is 0 Å². The first kappa shape index (κ1) is 16.1. The van der Waals surface area contributed by atoms with Gasteiger partial charge in [-0.15, -0.1) is 0 Å². The number of carbonyl (C=O) groups is 1. The van der Waals surface area contributed by atoms with Crippen LogP contribution in [0.3, 0.4) is 0 Å². The maximum Gasteiger partial charge on any atom is 0.346 e. The molecule has 1 amide bonds. The van der Waals surface area contributed by atoms with Crippen molar-refractivity contribution in [1.29, 1.82) is 0 Å². The van der Waals surface area contributed by atoms with Crippen molar-refractivity contribution in [3.05, 3.63) is 51.7 Å². The van der Waals surface area contributed by atoms with E-state index in [0.29, 0.717) is 38.3 Å². The Morgan fingerprint density at radius 3 is 2.68 bits per heavy atom. The summed E-state index contributed by atoms with van der Waals surface area (Å²) in [6.45, 7) is 3.14. The van der Waals surface area contributed by atoms with E-state index in [0.717, 1.165) is 12.0 Å². The van der Waals surface area contributed by atoms with Crippen molar-refractivity contribution in [3.63, 3.8) is 0 Å². The lowest BCUT2D eigenvalue weighted by Crippen LogP contribution is -2.56. The van der Waals surface area contributed by atoms with Crippen molar-refractivity contribution in [2.75, 3.05) is 13.1 Å². The van der Waals surface area contributed by atoms with Gasteiger partial charge in [0.05, 0.1) is 12.6 Å². The Morgan fingerprint density at radius 1 is 1.28 bits per heavy atom. The van der Waals surface area contributed by atoms with Gasteiger partial charge in [0.25, 0.3) is 0 Å². The molecule has 1 unspecified atom stereocenters. The van der Waals surface area contributed by atoms with Gasteiger partial charge in [-0.1, -0.05) is 29.8 Å². The molecule has 1 saturated heterocycles. The maximum absolute atomic E-state index is 12.8. The van der Waals surface area contributed by atoms with E-state index in [2.05, 4.69) is 5.10 Å². The van der Waals surface area contributed by atoms with Crippen LogP contribution in [0.1, 0.15) is 35.8 Å². The van der Waals surface area contributed by atoms with Gasteiger partial charge >= 0.3 is 5.69 Å². The predicted octanol–water partition coefficient (Wildman–Crippen LogP) is 0.482. The molecule has 0 saturated carbocycles. The second-order valence-electron chi connectivity index (χ2n) is 7.02. The Labute approximate surface area is 145 Å². The monoisotopic (exact) mass is 342 g/mol. The van der Waals surface area contributed by atoms with Crippen molar-refractivity contribution in [2.45, 2.75) is 44.9 Å². The van der Waals surface area contributed by atoms with Crippen LogP contribution in [0.2, 0.25) is 0 Å². The summed E-state index contributed by atoms with van der Waals surface area (Å²) in [5, 5.41) is 13.9. The Bertz CT molecular complexity index is 846. The topological polar surface area (TPSA) is 80.4 Å². The zero-order chi connectivity index (χ0) is 17.6. The molecule has 1 fully saturated rings. The number of carbonyl (C=O) groups excluding carboxylic acids is 1. The molecule has 25 heavy (non-hydrogen) atoms. The number of aromatic nitrogens is 3. The van der Waals surface area contributed by atoms with Crippen molar-refractivity contribution in [3.8, 4) is 0 Å². The van der Waals surface area contributed by atoms with Crippen LogP contribution in [-0.2, 0) is 17.8 Å². The van der Waals surface area contributed by atoms with E-state index in [1.54, 1.807) is 9.47 Å². The second-order valence-corrected chi connectivity index (χ2v) is 7.02. The van der Waals surface area contributed by atoms with Crippen LogP contribution < -0.4 is 5.69 Å². The molecule has 2 aliphatic rings. The zero-order valence-corrected chi connectivity index (χ0v) is 14.3. The second kappa shape index (κ2) is 6.15. The lowest BCUT2D eigenvalue weighted by Gasteiger charge is -2.39. The molecule has 132 valence electrons. The van der Waals surface area contributed by atoms with E-state index in [-0.39, 0.29) is 11.6 Å². The largest absolute Gasteiger partial charge is 0.389 e. The molecule has 0 aliphatic carbocycles. The van der Waals surface area contributed by atoms with Crippen molar-refractivity contribution in [2.24, 2.45) is 0 Å². The summed E-state index contributed by atoms with van der Waals surface area (Å²) >= 11 is 0. The molecular weight excluding hydrogens is 320 g/mol. The summed E-state index contributed by atoms with van der Waals surface area (Å²) in [5.74, 6) is 0.603. The Kier molecular flexibility index (Phi) is 3.95. The van der Waals surface area contributed by atoms with Gasteiger partial charge in [-0.2, -0.15) is 5.10 Å². The number of benzene rings is 1. The molecule has 1 atom stereocenters. The van der Waals surface area contributed by atoms with Crippen LogP contribution in [0.4, 0.5) is 0 Å². The van der Waals surface area contributed by atoms with Gasteiger partial charge in [0.1, 0.15) is 11.9 Å². The summed E-state index contributed by atoms with van der Waals surface area (Å²) in [4.78, 5) is 27.1. The van der Waals surface area contributed by atoms with E-state index in [1.807, 2.05) is 31.2 Å². The van der Waals surface area contributed by atoms with Crippen LogP contribution >= 0.6 is 0 Å². The van der Waals surface area contributed by atoms with Crippen LogP contribution in [0.5, 0.6) is 0 Å². The smallest absolute Gasteiger partial charge is 0.346 e. The SMILES string of the molecule is Cc1ccc(Cn2nc3n(c2=O)C(C(=O)N2CC(O)C2)CCC3)cc1. The minimum atomic E-state index is -0.490. The molecule has 2 aliphatic heterocycles. The molecule has 4 rings (SSSR count). The van der Waals surface area contributed by atoms with Crippen LogP contribution in [0.15, 0.2) is 29.1 Å². The number of β-amino-alcohol motifs (C(OH)–C–C–N with tert-alkyl or cyclic N) is 1. The van der Waals surface area contributed by atoms with Crippen LogP contribution in [0.25, 0.3) is 0 Å². The summed E-state index contributed by atoms with van der Waals surface area (Å²) < 4.78 is 3.02. The number of amides is 1. The molecule has 1 aromatic heterocycles. The Hall–Kier alpha value is -2.41. The maximum atomic E-state index is 12.8. The number of aryl methyl sites for hydroxylation is 2. The van der Waals surface area contributed by atoms with E-state index in [9.17, 15) is 14.7 Å². The highest BCUT2D eigenvalue weighted by Crippen LogP contribution is 2.26. The van der Waals surface area contributed by atoms with Crippen LogP contribution in [-0.4, -0.2) is 49.5 Å². The third-order valence-electron chi connectivity index (χ3n) is 5.04. The minimum Gasteiger partial charge on any atom is -0.389 e. The average Bonchev–Trinajstić information content (AvgIpc) is 2.89. The minimum absolute atomic E-state index is 0.0803. The van der Waals surface area contributed by atoms with E-state index < -0.39 is 12.1 Å². The van der Waals surface area contributed by atoms with Gasteiger partial charge in [0.15, 0.2) is 0 Å². The van der Waals surface area contributed by atoms with Gasteiger partial charge in [0, 0.05) is 19.5 Å². The number of hydrogen-bond donors (Lipinski definition) is 1. The third-order valence-corrected chi connectivity index (χ3v) is 5.04. The number of hydrogen-bond acceptors (Lipinski definition) is 4. The molecule has 0 radical (unpaired) electrons. The fraction of sp³-hybridized carbons (Fsp3) is 0.500. The first-order chi connectivity index (χ1) is 12.0. The number of likely N-dealkylation sites (tertiary alicyclic amines) is 1. The van der Waals surface area contributed by atoms with Gasteiger partial charge in [0.2, 0.25) is 5.91 Å². The molecule has 2 aromatic rings. The Morgan fingerprint density at radius 2 is 2.00 bits per heavy atom. The fourth-order valence-electron chi connectivity index (χ4n) is 3.58. The Balaban J connectivity index is 1.61. The van der Waals surface area contributed by atoms with Crippen molar-refractivity contribution in [1.82, 2.24) is 19.2 Å². The summed E-state index contributed by atoms with van der Waals surface area (Å²) in [7, 11) is 0. The number of nitrogens with zero attached hydrogens (tertiary/aromatic N) is 4. The van der Waals surface area contributed by atoms with Crippen molar-refractivity contribution < 1.29 is 9.90 Å². The number of aliphatic hydroxyl groups is 1. The molecule has 0 spiro atoms. The van der Waals surface area contributed by atoms with E-state index in [1.165, 1.54) is 10.2 Å².